The van der Waals surface area contributed by atoms with Crippen molar-refractivity contribution in [3.05, 3.63) is 94.3 Å². The maximum absolute atomic E-state index is 6.01. The van der Waals surface area contributed by atoms with E-state index in [1.54, 1.807) is 0 Å². The number of fused-ring (bicyclic) bond motifs is 2. The first-order valence-corrected chi connectivity index (χ1v) is 6.92. The van der Waals surface area contributed by atoms with Crippen LogP contribution in [0.4, 0.5) is 0 Å². The molecule has 0 unspecified atom stereocenters. The van der Waals surface area contributed by atoms with E-state index in [1.165, 1.54) is 11.1 Å². The van der Waals surface area contributed by atoms with Gasteiger partial charge in [-0.2, -0.15) is 0 Å². The van der Waals surface area contributed by atoms with Crippen LogP contribution in [0.5, 0.6) is 11.5 Å². The van der Waals surface area contributed by atoms with Gasteiger partial charge in [-0.25, -0.2) is 0 Å². The fourth-order valence-corrected chi connectivity index (χ4v) is 2.77. The molecule has 1 radical (unpaired) electrons. The summed E-state index contributed by atoms with van der Waals surface area (Å²) in [6.45, 7) is 0. The number of rotatable bonds is 1. The predicted octanol–water partition coefficient (Wildman–Crippen LogP) is 3.46. The second-order valence-corrected chi connectivity index (χ2v) is 5.09. The summed E-state index contributed by atoms with van der Waals surface area (Å²) in [5.74, 6) is 1.68. The zero-order chi connectivity index (χ0) is 14.2. The van der Waals surface area contributed by atoms with Crippen molar-refractivity contribution in [2.75, 3.05) is 0 Å². The minimum absolute atomic E-state index is 0.709. The maximum atomic E-state index is 6.01. The van der Waals surface area contributed by atoms with Crippen LogP contribution in [0.2, 0.25) is 0 Å². The first kappa shape index (κ1) is 12.2. The van der Waals surface area contributed by atoms with Gasteiger partial charge in [-0.1, -0.05) is 0 Å². The van der Waals surface area contributed by atoms with Crippen molar-refractivity contribution >= 4 is 13.1 Å². The molecule has 0 fully saturated rings. The fourth-order valence-electron chi connectivity index (χ4n) is 2.77. The van der Waals surface area contributed by atoms with E-state index < -0.39 is 0 Å². The fraction of sp³-hybridized carbons (Fsp3) is 0. The van der Waals surface area contributed by atoms with Crippen molar-refractivity contribution in [3.8, 4) is 11.5 Å². The molecule has 3 aromatic carbocycles. The van der Waals surface area contributed by atoms with Crippen molar-refractivity contribution in [2.45, 2.75) is 0 Å². The third-order valence-electron chi connectivity index (χ3n) is 3.71. The molecule has 1 aliphatic rings. The van der Waals surface area contributed by atoms with Gasteiger partial charge in [-0.3, -0.25) is 0 Å². The van der Waals surface area contributed by atoms with Crippen molar-refractivity contribution < 1.29 is 4.74 Å². The number of hydrogen-bond donors (Lipinski definition) is 0. The van der Waals surface area contributed by atoms with E-state index in [0.717, 1.165) is 22.3 Å². The van der Waals surface area contributed by atoms with E-state index in [2.05, 4.69) is 30.3 Å². The summed E-state index contributed by atoms with van der Waals surface area (Å²) >= 11 is 0. The van der Waals surface area contributed by atoms with E-state index in [4.69, 9.17) is 12.2 Å². The summed E-state index contributed by atoms with van der Waals surface area (Å²) < 4.78 is 6.01. The van der Waals surface area contributed by atoms with Crippen molar-refractivity contribution in [1.29, 1.82) is 0 Å². The summed E-state index contributed by atoms with van der Waals surface area (Å²) in [6.07, 6.45) is 0. The molecule has 0 N–H and O–H groups in total. The van der Waals surface area contributed by atoms with Gasteiger partial charge >= 0.3 is 124 Å². The topological polar surface area (TPSA) is 9.23 Å². The Morgan fingerprint density at radius 1 is 0.714 bits per heavy atom. The molecule has 0 bridgehead atoms. The predicted molar refractivity (Wildman–Crippen MR) is 85.2 cm³/mol. The minimum atomic E-state index is 0.709. The van der Waals surface area contributed by atoms with E-state index in [-0.39, 0.29) is 0 Å². The van der Waals surface area contributed by atoms with E-state index >= 15 is 0 Å². The number of hydrogen-bond acceptors (Lipinski definition) is 1. The van der Waals surface area contributed by atoms with Crippen LogP contribution in [0.1, 0.15) is 11.1 Å². The first-order chi connectivity index (χ1) is 10.3. The summed E-state index contributed by atoms with van der Waals surface area (Å²) in [4.78, 5) is 0. The molecule has 1 nitrogen and oxygen atoms in total. The average molecular weight is 267 g/mol. The second kappa shape index (κ2) is 4.74. The summed E-state index contributed by atoms with van der Waals surface area (Å²) in [5, 5.41) is 1.79. The molecule has 3 aromatic rings. The molecule has 97 valence electrons. The molecule has 1 aliphatic heterocycles. The molecular weight excluding hydrogens is 255 g/mol. The normalized spacial score (nSPS) is 12.2. The Balaban J connectivity index is 2.15. The van der Waals surface area contributed by atoms with Crippen molar-refractivity contribution in [1.82, 2.24) is 0 Å². The van der Waals surface area contributed by atoms with Gasteiger partial charge < -0.3 is 0 Å². The van der Waals surface area contributed by atoms with E-state index in [9.17, 15) is 0 Å². The molecule has 0 atom stereocenters. The number of benzene rings is 3. The number of para-hydroxylation sites is 1. The van der Waals surface area contributed by atoms with Gasteiger partial charge in [0.05, 0.1) is 0 Å². The first-order valence-electron chi connectivity index (χ1n) is 6.92. The van der Waals surface area contributed by atoms with Crippen LogP contribution in [0.15, 0.2) is 72.8 Å². The Labute approximate surface area is 124 Å². The quantitative estimate of drug-likeness (QED) is 0.480. The number of ether oxygens (including phenoxy) is 1. The van der Waals surface area contributed by atoms with Gasteiger partial charge in [0.2, 0.25) is 0 Å². The van der Waals surface area contributed by atoms with Gasteiger partial charge in [0.1, 0.15) is 0 Å². The van der Waals surface area contributed by atoms with Gasteiger partial charge in [-0.15, -0.1) is 0 Å². The van der Waals surface area contributed by atoms with Crippen LogP contribution >= 0.6 is 0 Å². The van der Waals surface area contributed by atoms with Gasteiger partial charge in [0.25, 0.3) is 0 Å². The Hall–Kier alpha value is -2.61. The standard InChI is InChI=1S/C19H12BO/c20-14-10-11-16-18(12-14)21-17-9-5-4-8-15(17)19(16)13-6-2-1-3-7-13/h1-12H. The van der Waals surface area contributed by atoms with Gasteiger partial charge in [-0.05, 0) is 0 Å². The van der Waals surface area contributed by atoms with Crippen LogP contribution in [0.3, 0.4) is 0 Å². The van der Waals surface area contributed by atoms with Crippen LogP contribution in [-0.4, -0.2) is 7.49 Å². The molecule has 0 aromatic heterocycles. The molecule has 1 heterocycles. The van der Waals surface area contributed by atoms with Gasteiger partial charge in [0.15, 0.2) is 0 Å². The van der Waals surface area contributed by atoms with Crippen molar-refractivity contribution in [3.63, 3.8) is 0 Å². The molecule has 21 heavy (non-hydrogen) atoms. The zero-order valence-electron chi connectivity index (χ0n) is 11.4. The summed E-state index contributed by atoms with van der Waals surface area (Å²) in [7, 11) is 5.90. The molecule has 0 aliphatic carbocycles. The SMILES string of the molecule is [B]=c1ccc2c(c1)Oc1ccccc1C=2c1ccccc1. The molecule has 0 spiro atoms. The monoisotopic (exact) mass is 267 g/mol. The molecule has 4 rings (SSSR count). The Bertz CT molecular complexity index is 929. The summed E-state index contributed by atoms with van der Waals surface area (Å²) in [5.41, 5.74) is 3.48. The molecule has 0 saturated carbocycles. The van der Waals surface area contributed by atoms with Crippen LogP contribution in [0.25, 0.3) is 5.57 Å². The average Bonchev–Trinajstić information content (AvgIpc) is 2.53. The Morgan fingerprint density at radius 2 is 1.48 bits per heavy atom. The Morgan fingerprint density at radius 3 is 2.33 bits per heavy atom. The zero-order valence-corrected chi connectivity index (χ0v) is 11.4. The van der Waals surface area contributed by atoms with E-state index in [1.807, 2.05) is 42.5 Å². The van der Waals surface area contributed by atoms with Crippen LogP contribution in [0, 0.1) is 5.11 Å². The van der Waals surface area contributed by atoms with Crippen LogP contribution in [-0.2, 0) is 0 Å². The summed E-state index contributed by atoms with van der Waals surface area (Å²) in [6, 6.07) is 24.3. The van der Waals surface area contributed by atoms with E-state index in [0.29, 0.717) is 5.11 Å². The molecule has 0 saturated heterocycles. The second-order valence-electron chi connectivity index (χ2n) is 5.09. The third-order valence-corrected chi connectivity index (χ3v) is 3.71. The molecule has 2 heteroatoms. The Kier molecular flexibility index (Phi) is 2.75. The van der Waals surface area contributed by atoms with Gasteiger partial charge in [0, 0.05) is 0 Å². The third kappa shape index (κ3) is 2.00. The molecule has 0 amide bonds. The van der Waals surface area contributed by atoms with Crippen molar-refractivity contribution in [2.24, 2.45) is 0 Å². The molecular formula is C19H12BO. The van der Waals surface area contributed by atoms with Crippen LogP contribution < -0.4 is 9.96 Å².